The summed E-state index contributed by atoms with van der Waals surface area (Å²) in [5.41, 5.74) is -5.58. The summed E-state index contributed by atoms with van der Waals surface area (Å²) in [5, 5.41) is 24.5. The third kappa shape index (κ3) is 7.96. The van der Waals surface area contributed by atoms with E-state index in [1.807, 2.05) is 0 Å². The van der Waals surface area contributed by atoms with Gasteiger partial charge in [-0.2, -0.15) is 0 Å². The Labute approximate surface area is 265 Å². The van der Waals surface area contributed by atoms with Gasteiger partial charge in [-0.05, 0) is 0 Å². The number of hydrogen-bond donors (Lipinski definition) is 3. The number of carboxylic acid groups (broad SMARTS) is 3. The van der Waals surface area contributed by atoms with Crippen LogP contribution in [0.4, 0.5) is 65.9 Å². The number of hydrogen-bond acceptors (Lipinski definition) is 3. The summed E-state index contributed by atoms with van der Waals surface area (Å²) in [6, 6.07) is 0. The second kappa shape index (κ2) is 15.4. The monoisotopic (exact) mass is 789 g/mol. The molecule has 0 amide bonds. The third-order valence-electron chi connectivity index (χ3n) is 4.27. The largest absolute Gasteiger partial charge is 0.477 e. The van der Waals surface area contributed by atoms with Crippen LogP contribution >= 0.6 is 0 Å². The van der Waals surface area contributed by atoms with E-state index in [0.717, 1.165) is 0 Å². The Hall–Kier alpha value is -3.40. The first kappa shape index (κ1) is 39.6. The topological polar surface area (TPSA) is 112 Å². The van der Waals surface area contributed by atoms with Crippen molar-refractivity contribution >= 4 is 17.9 Å². The molecule has 0 aromatic heterocycles. The van der Waals surface area contributed by atoms with E-state index < -0.39 is 122 Å². The van der Waals surface area contributed by atoms with Gasteiger partial charge in [0.15, 0.2) is 69.8 Å². The van der Waals surface area contributed by atoms with Gasteiger partial charge < -0.3 is 15.3 Å². The van der Waals surface area contributed by atoms with Crippen molar-refractivity contribution in [3.63, 3.8) is 0 Å². The average molecular weight is 788 g/mol. The fourth-order valence-electron chi connectivity index (χ4n) is 2.38. The first-order valence-electron chi connectivity index (χ1n) is 9.37. The molecule has 0 aliphatic carbocycles. The molecule has 0 unspecified atom stereocenters. The Balaban J connectivity index is 0.000000608. The number of halogens is 15. The normalized spacial score (nSPS) is 10.1. The van der Waals surface area contributed by atoms with E-state index >= 15 is 0 Å². The van der Waals surface area contributed by atoms with Crippen LogP contribution in [0.15, 0.2) is 0 Å². The summed E-state index contributed by atoms with van der Waals surface area (Å²) in [7, 11) is 0. The molecule has 43 heavy (non-hydrogen) atoms. The van der Waals surface area contributed by atoms with Gasteiger partial charge in [-0.1, -0.05) is 0 Å². The van der Waals surface area contributed by atoms with Crippen LogP contribution < -0.4 is 0 Å². The van der Waals surface area contributed by atoms with Crippen LogP contribution in [0.3, 0.4) is 0 Å². The van der Waals surface area contributed by atoms with E-state index in [0.29, 0.717) is 0 Å². The fraction of sp³-hybridized carbons (Fsp3) is 0. The molecular formula is C21H3EuF15O6. The van der Waals surface area contributed by atoms with Gasteiger partial charge >= 0.3 is 17.9 Å². The molecule has 0 saturated carbocycles. The number of benzene rings is 3. The second-order valence-electron chi connectivity index (χ2n) is 6.75. The number of carbonyl (C=O) groups is 3. The van der Waals surface area contributed by atoms with Crippen LogP contribution in [0.1, 0.15) is 31.1 Å². The summed E-state index contributed by atoms with van der Waals surface area (Å²) < 4.78 is 186. The Morgan fingerprint density at radius 1 is 0.279 bits per heavy atom. The van der Waals surface area contributed by atoms with Gasteiger partial charge in [-0.15, -0.1) is 0 Å². The van der Waals surface area contributed by atoms with Crippen molar-refractivity contribution < 1.29 is 145 Å². The molecule has 0 bridgehead atoms. The van der Waals surface area contributed by atoms with E-state index in [1.165, 1.54) is 0 Å². The molecule has 0 spiro atoms. The second-order valence-corrected chi connectivity index (χ2v) is 6.75. The standard InChI is InChI=1S/3C7HF5O2.Eu/c3*8-2-1(7(13)14)3(9)5(11)6(12)4(2)10;/h3*(H,13,14);. The quantitative estimate of drug-likeness (QED) is 0.165. The van der Waals surface area contributed by atoms with Crippen molar-refractivity contribution in [2.45, 2.75) is 0 Å². The zero-order valence-electron chi connectivity index (χ0n) is 19.1. The molecule has 0 atom stereocenters. The minimum Gasteiger partial charge on any atom is -0.477 e. The van der Waals surface area contributed by atoms with E-state index in [9.17, 15) is 80.2 Å². The molecule has 1 radical (unpaired) electrons. The van der Waals surface area contributed by atoms with Crippen LogP contribution in [0.2, 0.25) is 0 Å². The van der Waals surface area contributed by atoms with Gasteiger partial charge in [-0.3, -0.25) is 0 Å². The maximum Gasteiger partial charge on any atom is 0.341 e. The van der Waals surface area contributed by atoms with Gasteiger partial charge in [0.1, 0.15) is 16.7 Å². The van der Waals surface area contributed by atoms with Crippen LogP contribution in [0, 0.1) is 137 Å². The van der Waals surface area contributed by atoms with E-state index in [2.05, 4.69) is 0 Å². The average Bonchev–Trinajstić information content (AvgIpc) is 2.91. The van der Waals surface area contributed by atoms with Crippen molar-refractivity contribution in [1.29, 1.82) is 0 Å². The molecule has 3 aromatic carbocycles. The number of aromatic carboxylic acids is 3. The Morgan fingerprint density at radius 2 is 0.372 bits per heavy atom. The van der Waals surface area contributed by atoms with Gasteiger partial charge in [0.2, 0.25) is 17.5 Å². The molecule has 3 rings (SSSR count). The predicted molar refractivity (Wildman–Crippen MR) is 99.6 cm³/mol. The molecule has 3 aromatic rings. The summed E-state index contributed by atoms with van der Waals surface area (Å²) in [6.45, 7) is 0. The van der Waals surface area contributed by atoms with Gasteiger partial charge in [0.05, 0.1) is 0 Å². The maximum atomic E-state index is 12.6. The molecule has 6 nitrogen and oxygen atoms in total. The maximum absolute atomic E-state index is 12.6. The predicted octanol–water partition coefficient (Wildman–Crippen LogP) is 6.24. The Morgan fingerprint density at radius 3 is 0.465 bits per heavy atom. The van der Waals surface area contributed by atoms with Crippen LogP contribution in [-0.4, -0.2) is 33.2 Å². The minimum atomic E-state index is -2.38. The van der Waals surface area contributed by atoms with Crippen molar-refractivity contribution in [1.82, 2.24) is 0 Å². The van der Waals surface area contributed by atoms with E-state index in [4.69, 9.17) is 15.3 Å². The molecule has 22 heteroatoms. The summed E-state index contributed by atoms with van der Waals surface area (Å²) in [5.74, 6) is -41.6. The fourth-order valence-corrected chi connectivity index (χ4v) is 2.38. The molecule has 0 saturated heterocycles. The molecule has 0 fully saturated rings. The van der Waals surface area contributed by atoms with Crippen LogP contribution in [0.5, 0.6) is 0 Å². The Bertz CT molecular complexity index is 1350. The van der Waals surface area contributed by atoms with E-state index in [1.54, 1.807) is 0 Å². The van der Waals surface area contributed by atoms with Crippen molar-refractivity contribution in [3.05, 3.63) is 104 Å². The number of carboxylic acids is 3. The zero-order valence-corrected chi connectivity index (χ0v) is 21.5. The van der Waals surface area contributed by atoms with E-state index in [-0.39, 0.29) is 49.4 Å². The molecule has 0 heterocycles. The zero-order chi connectivity index (χ0) is 33.1. The van der Waals surface area contributed by atoms with Crippen LogP contribution in [-0.2, 0) is 0 Å². The third-order valence-corrected chi connectivity index (χ3v) is 4.27. The summed E-state index contributed by atoms with van der Waals surface area (Å²) in [4.78, 5) is 30.4. The molecule has 0 aliphatic heterocycles. The van der Waals surface area contributed by atoms with Crippen molar-refractivity contribution in [2.75, 3.05) is 0 Å². The van der Waals surface area contributed by atoms with Gasteiger partial charge in [0.25, 0.3) is 0 Å². The molecule has 235 valence electrons. The summed E-state index contributed by atoms with van der Waals surface area (Å²) in [6.07, 6.45) is 0. The molecule has 0 aliphatic rings. The summed E-state index contributed by atoms with van der Waals surface area (Å²) >= 11 is 0. The molecular weight excluding hydrogens is 785 g/mol. The number of rotatable bonds is 3. The van der Waals surface area contributed by atoms with Crippen molar-refractivity contribution in [2.24, 2.45) is 0 Å². The van der Waals surface area contributed by atoms with Crippen LogP contribution in [0.25, 0.3) is 0 Å². The Kier molecular flexibility index (Phi) is 14.2. The van der Waals surface area contributed by atoms with Gasteiger partial charge in [-0.25, -0.2) is 80.2 Å². The SMILES string of the molecule is O=C(O)c1c(F)c(F)c(F)c(F)c1F.O=C(O)c1c(F)c(F)c(F)c(F)c1F.O=C(O)c1c(F)c(F)c(F)c(F)c1F.[Eu]. The minimum absolute atomic E-state index is 0. The molecule has 3 N–H and O–H groups in total. The van der Waals surface area contributed by atoms with Gasteiger partial charge in [0, 0.05) is 49.4 Å². The smallest absolute Gasteiger partial charge is 0.341 e. The first-order valence-corrected chi connectivity index (χ1v) is 9.37. The first-order chi connectivity index (χ1) is 19.1. The van der Waals surface area contributed by atoms with Crippen molar-refractivity contribution in [3.8, 4) is 0 Å².